The monoisotopic (exact) mass is 216 g/mol. The summed E-state index contributed by atoms with van der Waals surface area (Å²) in [6.45, 7) is 6.54. The number of unbranched alkanes of at least 4 members (excludes halogenated alkanes) is 3. The van der Waals surface area contributed by atoms with Crippen LogP contribution in [0, 0.1) is 0 Å². The van der Waals surface area contributed by atoms with Gasteiger partial charge in [0, 0.05) is 12.2 Å². The largest absolute Gasteiger partial charge is 0.462 e. The van der Waals surface area contributed by atoms with E-state index in [0.29, 0.717) is 12.2 Å². The smallest absolute Gasteiger partial charge is 0.333 e. The summed E-state index contributed by atoms with van der Waals surface area (Å²) in [6, 6.07) is 0. The fourth-order valence-electron chi connectivity index (χ4n) is 0.990. The average molecular weight is 216 g/mol. The molecule has 0 bridgehead atoms. The van der Waals surface area contributed by atoms with E-state index in [1.165, 1.54) is 0 Å². The molecule has 0 amide bonds. The molecule has 0 radical (unpaired) electrons. The van der Waals surface area contributed by atoms with Crippen LogP contribution in [0.4, 0.5) is 0 Å². The number of ether oxygens (including phenoxy) is 1. The molecule has 0 aliphatic rings. The minimum Gasteiger partial charge on any atom is -0.462 e. The quantitative estimate of drug-likeness (QED) is 0.262. The number of hydrogen-bond donors (Lipinski definition) is 0. The molecule has 0 saturated carbocycles. The predicted molar refractivity (Wildman–Crippen MR) is 60.1 cm³/mol. The third-order valence-corrected chi connectivity index (χ3v) is 2.23. The number of carbonyl (C=O) groups is 1. The summed E-state index contributed by atoms with van der Waals surface area (Å²) >= 11 is 0. The molecular formula is C10H20O3Si. The molecule has 0 aromatic heterocycles. The van der Waals surface area contributed by atoms with E-state index in [-0.39, 0.29) is 5.97 Å². The molecule has 0 rings (SSSR count). The van der Waals surface area contributed by atoms with Gasteiger partial charge in [0.2, 0.25) is 0 Å². The molecule has 3 nitrogen and oxygen atoms in total. The second-order valence-electron chi connectivity index (χ2n) is 3.32. The second kappa shape index (κ2) is 8.96. The van der Waals surface area contributed by atoms with Crippen LogP contribution in [0.3, 0.4) is 0 Å². The standard InChI is InChI=1S/C10H20O3Si/c1-9(2)10(11)12-7-5-3-4-6-8-13-14/h1,3-8H2,2,14H3. The topological polar surface area (TPSA) is 35.5 Å². The van der Waals surface area contributed by atoms with E-state index >= 15 is 0 Å². The third kappa shape index (κ3) is 8.01. The molecule has 14 heavy (non-hydrogen) atoms. The van der Waals surface area contributed by atoms with Gasteiger partial charge >= 0.3 is 5.97 Å². The van der Waals surface area contributed by atoms with Gasteiger partial charge in [-0.05, 0) is 26.2 Å². The summed E-state index contributed by atoms with van der Waals surface area (Å²) in [5, 5.41) is 0. The van der Waals surface area contributed by atoms with Crippen LogP contribution in [0.15, 0.2) is 12.2 Å². The lowest BCUT2D eigenvalue weighted by molar-refractivity contribution is -0.139. The molecule has 0 heterocycles. The maximum atomic E-state index is 10.9. The van der Waals surface area contributed by atoms with E-state index in [1.807, 2.05) is 0 Å². The highest BCUT2D eigenvalue weighted by molar-refractivity contribution is 5.97. The van der Waals surface area contributed by atoms with Crippen molar-refractivity contribution < 1.29 is 14.0 Å². The van der Waals surface area contributed by atoms with E-state index in [2.05, 4.69) is 6.58 Å². The summed E-state index contributed by atoms with van der Waals surface area (Å²) in [5.74, 6) is -0.284. The van der Waals surface area contributed by atoms with Crippen LogP contribution in [0.5, 0.6) is 0 Å². The lowest BCUT2D eigenvalue weighted by Crippen LogP contribution is -2.06. The van der Waals surface area contributed by atoms with Crippen molar-refractivity contribution in [2.75, 3.05) is 13.2 Å². The van der Waals surface area contributed by atoms with Gasteiger partial charge in [-0.15, -0.1) is 0 Å². The summed E-state index contributed by atoms with van der Waals surface area (Å²) in [5.41, 5.74) is 0.467. The van der Waals surface area contributed by atoms with Gasteiger partial charge in [0.1, 0.15) is 10.5 Å². The summed E-state index contributed by atoms with van der Waals surface area (Å²) in [4.78, 5) is 10.9. The van der Waals surface area contributed by atoms with Crippen molar-refractivity contribution in [2.24, 2.45) is 0 Å². The van der Waals surface area contributed by atoms with E-state index in [9.17, 15) is 4.79 Å². The van der Waals surface area contributed by atoms with Gasteiger partial charge in [-0.3, -0.25) is 0 Å². The van der Waals surface area contributed by atoms with E-state index < -0.39 is 0 Å². The van der Waals surface area contributed by atoms with Crippen LogP contribution in [-0.4, -0.2) is 29.7 Å². The average Bonchev–Trinajstić information content (AvgIpc) is 2.16. The number of hydrogen-bond acceptors (Lipinski definition) is 3. The molecule has 0 aliphatic heterocycles. The molecule has 0 aromatic carbocycles. The van der Waals surface area contributed by atoms with Crippen molar-refractivity contribution >= 4 is 16.5 Å². The highest BCUT2D eigenvalue weighted by Crippen LogP contribution is 2.01. The normalized spacial score (nSPS) is 10.1. The number of esters is 1. The minimum atomic E-state index is -0.284. The first kappa shape index (κ1) is 13.4. The van der Waals surface area contributed by atoms with Crippen molar-refractivity contribution in [3.8, 4) is 0 Å². The highest BCUT2D eigenvalue weighted by atomic mass is 28.2. The van der Waals surface area contributed by atoms with Gasteiger partial charge in [-0.2, -0.15) is 0 Å². The Morgan fingerprint density at radius 2 is 1.79 bits per heavy atom. The molecule has 0 saturated heterocycles. The van der Waals surface area contributed by atoms with Crippen LogP contribution in [0.1, 0.15) is 32.6 Å². The molecule has 0 spiro atoms. The minimum absolute atomic E-state index is 0.284. The Morgan fingerprint density at radius 3 is 2.29 bits per heavy atom. The Balaban J connectivity index is 3.13. The first-order chi connectivity index (χ1) is 6.68. The Bertz CT molecular complexity index is 180. The zero-order chi connectivity index (χ0) is 10.8. The maximum absolute atomic E-state index is 10.9. The van der Waals surface area contributed by atoms with E-state index in [4.69, 9.17) is 9.16 Å². The van der Waals surface area contributed by atoms with Crippen LogP contribution in [0.2, 0.25) is 0 Å². The molecule has 0 atom stereocenters. The molecule has 82 valence electrons. The highest BCUT2D eigenvalue weighted by Gasteiger charge is 2.01. The SMILES string of the molecule is C=C(C)C(=O)OCCCCCCO[SiH3]. The summed E-state index contributed by atoms with van der Waals surface area (Å²) in [6.07, 6.45) is 4.28. The van der Waals surface area contributed by atoms with Crippen molar-refractivity contribution in [1.29, 1.82) is 0 Å². The first-order valence-corrected chi connectivity index (χ1v) is 5.81. The molecule has 4 heteroatoms. The predicted octanol–water partition coefficient (Wildman–Crippen LogP) is 0.963. The van der Waals surface area contributed by atoms with Gasteiger partial charge in [-0.1, -0.05) is 13.0 Å². The zero-order valence-corrected chi connectivity index (χ0v) is 11.2. The van der Waals surface area contributed by atoms with Crippen LogP contribution < -0.4 is 0 Å². The molecule has 0 N–H and O–H groups in total. The maximum Gasteiger partial charge on any atom is 0.333 e. The van der Waals surface area contributed by atoms with Crippen molar-refractivity contribution in [3.05, 3.63) is 12.2 Å². The lowest BCUT2D eigenvalue weighted by Gasteiger charge is -2.03. The fourth-order valence-corrected chi connectivity index (χ4v) is 1.28. The molecule has 0 fully saturated rings. The fraction of sp³-hybridized carbons (Fsp3) is 0.700. The Kier molecular flexibility index (Phi) is 8.57. The summed E-state index contributed by atoms with van der Waals surface area (Å²) < 4.78 is 10.0. The summed E-state index contributed by atoms with van der Waals surface area (Å²) in [7, 11) is 0.825. The van der Waals surface area contributed by atoms with E-state index in [0.717, 1.165) is 42.8 Å². The third-order valence-electron chi connectivity index (χ3n) is 1.82. The van der Waals surface area contributed by atoms with Gasteiger partial charge in [0.15, 0.2) is 0 Å². The Hall–Kier alpha value is -0.613. The molecule has 0 aliphatic carbocycles. The lowest BCUT2D eigenvalue weighted by atomic mass is 10.2. The van der Waals surface area contributed by atoms with Crippen molar-refractivity contribution in [2.45, 2.75) is 32.6 Å². The van der Waals surface area contributed by atoms with Crippen LogP contribution in [-0.2, 0) is 14.0 Å². The zero-order valence-electron chi connectivity index (χ0n) is 9.17. The van der Waals surface area contributed by atoms with Crippen LogP contribution >= 0.6 is 0 Å². The van der Waals surface area contributed by atoms with Gasteiger partial charge in [-0.25, -0.2) is 4.79 Å². The molecule has 0 aromatic rings. The number of carbonyl (C=O) groups excluding carboxylic acids is 1. The van der Waals surface area contributed by atoms with Gasteiger partial charge < -0.3 is 9.16 Å². The molecule has 0 unspecified atom stereocenters. The Labute approximate surface area is 89.0 Å². The van der Waals surface area contributed by atoms with Crippen molar-refractivity contribution in [3.63, 3.8) is 0 Å². The Morgan fingerprint density at radius 1 is 1.21 bits per heavy atom. The van der Waals surface area contributed by atoms with Crippen molar-refractivity contribution in [1.82, 2.24) is 0 Å². The number of rotatable bonds is 8. The molecular weight excluding hydrogens is 196 g/mol. The second-order valence-corrected chi connectivity index (χ2v) is 3.90. The van der Waals surface area contributed by atoms with Gasteiger partial charge in [0.25, 0.3) is 0 Å². The van der Waals surface area contributed by atoms with Crippen LogP contribution in [0.25, 0.3) is 0 Å². The van der Waals surface area contributed by atoms with E-state index in [1.54, 1.807) is 6.92 Å². The first-order valence-electron chi connectivity index (χ1n) is 5.00. The van der Waals surface area contributed by atoms with Gasteiger partial charge in [0.05, 0.1) is 6.61 Å².